The van der Waals surface area contributed by atoms with Crippen molar-refractivity contribution in [3.63, 3.8) is 0 Å². The van der Waals surface area contributed by atoms with Crippen molar-refractivity contribution in [3.8, 4) is 6.07 Å². The maximum atomic E-state index is 12.2. The maximum Gasteiger partial charge on any atom is 0.231 e. The lowest BCUT2D eigenvalue weighted by Crippen LogP contribution is -2.45. The molecule has 2 aliphatic rings. The number of tetrazole rings is 1. The summed E-state index contributed by atoms with van der Waals surface area (Å²) in [4.78, 5) is 12.2. The fourth-order valence-corrected chi connectivity index (χ4v) is 4.26. The normalized spacial score (nSPS) is 21.0. The molecule has 8 heteroatoms. The van der Waals surface area contributed by atoms with E-state index in [0.29, 0.717) is 11.2 Å². The maximum absolute atomic E-state index is 12.2. The summed E-state index contributed by atoms with van der Waals surface area (Å²) in [5, 5.41) is 24.8. The molecule has 23 heavy (non-hydrogen) atoms. The molecule has 0 bridgehead atoms. The van der Waals surface area contributed by atoms with Crippen LogP contribution in [0.15, 0.2) is 5.16 Å². The number of nitrogens with zero attached hydrogens (tertiary/aromatic N) is 5. The molecular formula is C15H22N6OS. The monoisotopic (exact) mass is 334 g/mol. The molecule has 124 valence electrons. The van der Waals surface area contributed by atoms with Crippen LogP contribution in [0.25, 0.3) is 0 Å². The van der Waals surface area contributed by atoms with E-state index < -0.39 is 5.54 Å². The van der Waals surface area contributed by atoms with Crippen LogP contribution in [0.2, 0.25) is 0 Å². The van der Waals surface area contributed by atoms with Gasteiger partial charge in [-0.2, -0.15) is 5.26 Å². The first-order valence-corrected chi connectivity index (χ1v) is 9.34. The van der Waals surface area contributed by atoms with Crippen LogP contribution in [0.1, 0.15) is 63.8 Å². The third kappa shape index (κ3) is 3.83. The van der Waals surface area contributed by atoms with E-state index in [2.05, 4.69) is 26.9 Å². The lowest BCUT2D eigenvalue weighted by molar-refractivity contribution is -0.119. The van der Waals surface area contributed by atoms with E-state index in [0.717, 1.165) is 38.5 Å². The van der Waals surface area contributed by atoms with E-state index >= 15 is 0 Å². The highest BCUT2D eigenvalue weighted by molar-refractivity contribution is 7.99. The van der Waals surface area contributed by atoms with E-state index in [-0.39, 0.29) is 11.7 Å². The van der Waals surface area contributed by atoms with Crippen LogP contribution in [-0.2, 0) is 4.79 Å². The molecule has 0 radical (unpaired) electrons. The number of hydrogen-bond acceptors (Lipinski definition) is 6. The highest BCUT2D eigenvalue weighted by Crippen LogP contribution is 2.31. The van der Waals surface area contributed by atoms with Gasteiger partial charge in [-0.1, -0.05) is 31.0 Å². The van der Waals surface area contributed by atoms with E-state index in [4.69, 9.17) is 0 Å². The summed E-state index contributed by atoms with van der Waals surface area (Å²) in [7, 11) is 0. The quantitative estimate of drug-likeness (QED) is 0.829. The van der Waals surface area contributed by atoms with Crippen LogP contribution in [0.4, 0.5) is 0 Å². The summed E-state index contributed by atoms with van der Waals surface area (Å²) in [6.45, 7) is 0. The second kappa shape index (κ2) is 7.30. The smallest absolute Gasteiger partial charge is 0.231 e. The van der Waals surface area contributed by atoms with E-state index in [1.54, 1.807) is 0 Å². The molecule has 2 aliphatic carbocycles. The van der Waals surface area contributed by atoms with Gasteiger partial charge in [0, 0.05) is 0 Å². The van der Waals surface area contributed by atoms with Gasteiger partial charge in [-0.25, -0.2) is 4.68 Å². The second-order valence-corrected chi connectivity index (χ2v) is 7.38. The van der Waals surface area contributed by atoms with Gasteiger partial charge in [0.05, 0.1) is 17.9 Å². The highest BCUT2D eigenvalue weighted by atomic mass is 32.2. The molecule has 1 aromatic heterocycles. The molecule has 1 amide bonds. The first-order valence-electron chi connectivity index (χ1n) is 8.35. The van der Waals surface area contributed by atoms with E-state index in [1.165, 1.54) is 31.0 Å². The van der Waals surface area contributed by atoms with Crippen LogP contribution in [0.3, 0.4) is 0 Å². The molecule has 0 saturated heterocycles. The first kappa shape index (κ1) is 16.2. The average Bonchev–Trinajstić information content (AvgIpc) is 3.23. The summed E-state index contributed by atoms with van der Waals surface area (Å²) in [5.74, 6) is 0.132. The van der Waals surface area contributed by atoms with Crippen LogP contribution < -0.4 is 5.32 Å². The number of rotatable bonds is 5. The highest BCUT2D eigenvalue weighted by Gasteiger charge is 2.35. The third-order valence-corrected chi connectivity index (χ3v) is 5.70. The van der Waals surface area contributed by atoms with Crippen LogP contribution in [0.5, 0.6) is 0 Å². The Morgan fingerprint density at radius 2 is 2.04 bits per heavy atom. The average molecular weight is 334 g/mol. The Bertz CT molecular complexity index is 583. The summed E-state index contributed by atoms with van der Waals surface area (Å²) < 4.78 is 1.87. The van der Waals surface area contributed by atoms with Crippen molar-refractivity contribution in [3.05, 3.63) is 0 Å². The summed E-state index contributed by atoms with van der Waals surface area (Å²) >= 11 is 1.35. The number of thioether (sulfide) groups is 1. The molecule has 0 spiro atoms. The molecule has 0 atom stereocenters. The summed E-state index contributed by atoms with van der Waals surface area (Å²) in [6.07, 6.45) is 9.39. The Morgan fingerprint density at radius 3 is 2.74 bits per heavy atom. The molecule has 2 fully saturated rings. The van der Waals surface area contributed by atoms with Gasteiger partial charge in [0.15, 0.2) is 0 Å². The van der Waals surface area contributed by atoms with Gasteiger partial charge < -0.3 is 5.32 Å². The zero-order valence-corrected chi connectivity index (χ0v) is 14.0. The van der Waals surface area contributed by atoms with Crippen LogP contribution in [0, 0.1) is 11.3 Å². The van der Waals surface area contributed by atoms with Gasteiger partial charge in [0.2, 0.25) is 11.1 Å². The Hall–Kier alpha value is -1.62. The minimum atomic E-state index is -0.660. The largest absolute Gasteiger partial charge is 0.337 e. The van der Waals surface area contributed by atoms with Crippen molar-refractivity contribution in [1.29, 1.82) is 5.26 Å². The Kier molecular flexibility index (Phi) is 5.16. The second-order valence-electron chi connectivity index (χ2n) is 6.44. The Balaban J connectivity index is 1.55. The molecule has 3 rings (SSSR count). The van der Waals surface area contributed by atoms with Gasteiger partial charge >= 0.3 is 0 Å². The van der Waals surface area contributed by atoms with Crippen molar-refractivity contribution in [2.24, 2.45) is 0 Å². The van der Waals surface area contributed by atoms with E-state index in [9.17, 15) is 10.1 Å². The Morgan fingerprint density at radius 1 is 1.30 bits per heavy atom. The molecule has 0 unspecified atom stereocenters. The summed E-state index contributed by atoms with van der Waals surface area (Å²) in [5.41, 5.74) is -0.660. The molecule has 7 nitrogen and oxygen atoms in total. The minimum Gasteiger partial charge on any atom is -0.337 e. The number of amides is 1. The van der Waals surface area contributed by atoms with Crippen molar-refractivity contribution in [2.45, 2.75) is 74.5 Å². The standard InChI is InChI=1S/C15H22N6OS/c16-11-15(8-4-5-9-15)17-13(22)10-23-14-18-19-20-21(14)12-6-2-1-3-7-12/h12H,1-10H2,(H,17,22). The summed E-state index contributed by atoms with van der Waals surface area (Å²) in [6, 6.07) is 2.63. The minimum absolute atomic E-state index is 0.114. The van der Waals surface area contributed by atoms with Crippen LogP contribution in [-0.4, -0.2) is 37.4 Å². The SMILES string of the molecule is N#CC1(NC(=O)CSc2nnnn2C2CCCCC2)CCCC1. The lowest BCUT2D eigenvalue weighted by Gasteiger charge is -2.23. The topological polar surface area (TPSA) is 96.5 Å². The van der Waals surface area contributed by atoms with Gasteiger partial charge in [-0.15, -0.1) is 5.10 Å². The van der Waals surface area contributed by atoms with E-state index in [1.807, 2.05) is 4.68 Å². The van der Waals surface area contributed by atoms with Gasteiger partial charge in [0.25, 0.3) is 0 Å². The van der Waals surface area contributed by atoms with Crippen LogP contribution >= 0.6 is 11.8 Å². The number of nitriles is 1. The molecule has 1 heterocycles. The molecule has 1 N–H and O–H groups in total. The molecule has 2 saturated carbocycles. The number of aromatic nitrogens is 4. The fourth-order valence-electron chi connectivity index (χ4n) is 3.51. The molecular weight excluding hydrogens is 312 g/mol. The van der Waals surface area contributed by atoms with Crippen molar-refractivity contribution in [2.75, 3.05) is 5.75 Å². The van der Waals surface area contributed by atoms with Gasteiger partial charge in [-0.3, -0.25) is 4.79 Å². The molecule has 0 aliphatic heterocycles. The van der Waals surface area contributed by atoms with Gasteiger partial charge in [0.1, 0.15) is 5.54 Å². The first-order chi connectivity index (χ1) is 11.2. The number of carbonyl (C=O) groups excluding carboxylic acids is 1. The molecule has 1 aromatic rings. The number of hydrogen-bond donors (Lipinski definition) is 1. The predicted molar refractivity (Wildman–Crippen MR) is 85.6 cm³/mol. The fraction of sp³-hybridized carbons (Fsp3) is 0.800. The Labute approximate surface area is 140 Å². The number of nitrogens with one attached hydrogen (secondary N) is 1. The van der Waals surface area contributed by atoms with Crippen molar-refractivity contribution in [1.82, 2.24) is 25.5 Å². The number of carbonyl (C=O) groups is 1. The molecule has 0 aromatic carbocycles. The zero-order valence-electron chi connectivity index (χ0n) is 13.2. The van der Waals surface area contributed by atoms with Gasteiger partial charge in [-0.05, 0) is 49.0 Å². The van der Waals surface area contributed by atoms with Crippen molar-refractivity contribution < 1.29 is 4.79 Å². The lowest BCUT2D eigenvalue weighted by atomic mass is 9.96. The predicted octanol–water partition coefficient (Wildman–Crippen LogP) is 2.22. The van der Waals surface area contributed by atoms with Crippen molar-refractivity contribution >= 4 is 17.7 Å². The third-order valence-electron chi connectivity index (χ3n) is 4.77. The zero-order chi connectivity index (χ0) is 16.1.